The van der Waals surface area contributed by atoms with Crippen LogP contribution in [0.15, 0.2) is 17.0 Å². The second-order valence-corrected chi connectivity index (χ2v) is 8.15. The van der Waals surface area contributed by atoms with Gasteiger partial charge in [-0.3, -0.25) is 4.79 Å². The van der Waals surface area contributed by atoms with Gasteiger partial charge in [-0.1, -0.05) is 23.2 Å². The highest BCUT2D eigenvalue weighted by Crippen LogP contribution is 2.31. The monoisotopic (exact) mass is 362 g/mol. The van der Waals surface area contributed by atoms with Crippen molar-refractivity contribution in [2.45, 2.75) is 36.6 Å². The van der Waals surface area contributed by atoms with Crippen molar-refractivity contribution in [2.24, 2.45) is 0 Å². The number of halogens is 2. The lowest BCUT2D eigenvalue weighted by molar-refractivity contribution is 0.0793. The summed E-state index contributed by atoms with van der Waals surface area (Å²) in [4.78, 5) is 14.1. The minimum absolute atomic E-state index is 0.0242. The van der Waals surface area contributed by atoms with E-state index in [0.29, 0.717) is 13.1 Å². The Kier molecular flexibility index (Phi) is 4.38. The van der Waals surface area contributed by atoms with Crippen molar-refractivity contribution < 1.29 is 13.2 Å². The van der Waals surface area contributed by atoms with Crippen molar-refractivity contribution in [2.75, 3.05) is 13.1 Å². The molecule has 1 aromatic carbocycles. The van der Waals surface area contributed by atoms with Gasteiger partial charge in [0.25, 0.3) is 5.91 Å². The third-order valence-electron chi connectivity index (χ3n) is 3.83. The summed E-state index contributed by atoms with van der Waals surface area (Å²) >= 11 is 12.1. The second-order valence-electron chi connectivity index (χ2n) is 5.66. The second kappa shape index (κ2) is 6.00. The van der Waals surface area contributed by atoms with Crippen molar-refractivity contribution in [3.8, 4) is 0 Å². The zero-order chi connectivity index (χ0) is 15.9. The highest BCUT2D eigenvalue weighted by atomic mass is 35.5. The molecule has 0 spiro atoms. The Morgan fingerprint density at radius 2 is 1.77 bits per heavy atom. The number of nitrogens with one attached hydrogen (secondary N) is 1. The van der Waals surface area contributed by atoms with Gasteiger partial charge >= 0.3 is 0 Å². The third kappa shape index (κ3) is 3.25. The van der Waals surface area contributed by atoms with Crippen molar-refractivity contribution >= 4 is 39.1 Å². The summed E-state index contributed by atoms with van der Waals surface area (Å²) in [6.07, 6.45) is 3.55. The summed E-state index contributed by atoms with van der Waals surface area (Å²) in [6, 6.07) is 2.58. The van der Waals surface area contributed by atoms with E-state index < -0.39 is 10.0 Å². The van der Waals surface area contributed by atoms with Gasteiger partial charge in [0, 0.05) is 19.1 Å². The van der Waals surface area contributed by atoms with Crippen molar-refractivity contribution in [1.29, 1.82) is 0 Å². The SMILES string of the molecule is O=C(c1cc(S(=O)(=O)NC2CC2)c(Cl)cc1Cl)N1CCCC1. The Morgan fingerprint density at radius 3 is 2.36 bits per heavy atom. The first-order chi connectivity index (χ1) is 10.4. The number of sulfonamides is 1. The summed E-state index contributed by atoms with van der Waals surface area (Å²) < 4.78 is 27.3. The molecule has 1 saturated carbocycles. The average Bonchev–Trinajstić information content (AvgIpc) is 3.06. The summed E-state index contributed by atoms with van der Waals surface area (Å²) in [5.74, 6) is -0.248. The minimum atomic E-state index is -3.74. The van der Waals surface area contributed by atoms with E-state index >= 15 is 0 Å². The average molecular weight is 363 g/mol. The zero-order valence-electron chi connectivity index (χ0n) is 11.8. The van der Waals surface area contributed by atoms with Crippen LogP contribution < -0.4 is 4.72 Å². The number of nitrogens with zero attached hydrogens (tertiary/aromatic N) is 1. The zero-order valence-corrected chi connectivity index (χ0v) is 14.1. The summed E-state index contributed by atoms with van der Waals surface area (Å²) in [7, 11) is -3.74. The third-order valence-corrected chi connectivity index (χ3v) is 6.13. The molecular formula is C14H16Cl2N2O3S. The highest BCUT2D eigenvalue weighted by molar-refractivity contribution is 7.89. The van der Waals surface area contributed by atoms with Crippen LogP contribution in [0.2, 0.25) is 10.0 Å². The topological polar surface area (TPSA) is 66.5 Å². The number of likely N-dealkylation sites (tertiary alicyclic amines) is 1. The fraction of sp³-hybridized carbons (Fsp3) is 0.500. The molecule has 1 amide bonds. The van der Waals surface area contributed by atoms with Gasteiger partial charge in [0.2, 0.25) is 10.0 Å². The van der Waals surface area contributed by atoms with Gasteiger partial charge in [0.05, 0.1) is 15.6 Å². The van der Waals surface area contributed by atoms with E-state index in [2.05, 4.69) is 4.72 Å². The van der Waals surface area contributed by atoms with Crippen LogP contribution in [0.4, 0.5) is 0 Å². The number of carbonyl (C=O) groups excluding carboxylic acids is 1. The molecule has 22 heavy (non-hydrogen) atoms. The van der Waals surface area contributed by atoms with Crippen LogP contribution in [0.5, 0.6) is 0 Å². The molecule has 0 radical (unpaired) electrons. The first-order valence-corrected chi connectivity index (χ1v) is 9.43. The summed E-state index contributed by atoms with van der Waals surface area (Å²) in [6.45, 7) is 1.33. The smallest absolute Gasteiger partial charge is 0.255 e. The first-order valence-electron chi connectivity index (χ1n) is 7.19. The molecule has 3 rings (SSSR count). The van der Waals surface area contributed by atoms with Gasteiger partial charge in [0.15, 0.2) is 0 Å². The predicted molar refractivity (Wildman–Crippen MR) is 84.9 cm³/mol. The van der Waals surface area contributed by atoms with Crippen LogP contribution >= 0.6 is 23.2 Å². The van der Waals surface area contributed by atoms with Crippen LogP contribution in [0.25, 0.3) is 0 Å². The fourth-order valence-electron chi connectivity index (χ4n) is 2.47. The molecular weight excluding hydrogens is 347 g/mol. The standard InChI is InChI=1S/C14H16Cl2N2O3S/c15-11-8-12(16)13(22(20,21)17-9-3-4-9)7-10(11)14(19)18-5-1-2-6-18/h7-9,17H,1-6H2. The molecule has 1 N–H and O–H groups in total. The van der Waals surface area contributed by atoms with E-state index in [4.69, 9.17) is 23.2 Å². The Labute approximate surface area is 139 Å². The summed E-state index contributed by atoms with van der Waals surface area (Å²) in [5, 5.41) is 0.198. The molecule has 0 unspecified atom stereocenters. The Hall–Kier alpha value is -0.820. The lowest BCUT2D eigenvalue weighted by atomic mass is 10.2. The minimum Gasteiger partial charge on any atom is -0.339 e. The van der Waals surface area contributed by atoms with Gasteiger partial charge in [-0.25, -0.2) is 13.1 Å². The highest BCUT2D eigenvalue weighted by Gasteiger charge is 2.31. The van der Waals surface area contributed by atoms with Crippen LogP contribution in [-0.4, -0.2) is 38.4 Å². The molecule has 0 aromatic heterocycles. The van der Waals surface area contributed by atoms with Crippen LogP contribution in [0.1, 0.15) is 36.0 Å². The number of carbonyl (C=O) groups is 1. The number of hydrogen-bond donors (Lipinski definition) is 1. The Bertz CT molecular complexity index is 711. The molecule has 1 aliphatic carbocycles. The van der Waals surface area contributed by atoms with Crippen molar-refractivity contribution in [3.05, 3.63) is 27.7 Å². The molecule has 1 saturated heterocycles. The largest absolute Gasteiger partial charge is 0.339 e. The van der Waals surface area contributed by atoms with Gasteiger partial charge < -0.3 is 4.90 Å². The van der Waals surface area contributed by atoms with E-state index in [0.717, 1.165) is 25.7 Å². The van der Waals surface area contributed by atoms with Gasteiger partial charge in [0.1, 0.15) is 4.90 Å². The maximum atomic E-state index is 12.5. The lowest BCUT2D eigenvalue weighted by Gasteiger charge is -2.17. The quantitative estimate of drug-likeness (QED) is 0.895. The van der Waals surface area contributed by atoms with E-state index in [9.17, 15) is 13.2 Å². The number of hydrogen-bond acceptors (Lipinski definition) is 3. The fourth-order valence-corrected chi connectivity index (χ4v) is 4.63. The van der Waals surface area contributed by atoms with Crippen molar-refractivity contribution in [1.82, 2.24) is 9.62 Å². The maximum absolute atomic E-state index is 12.5. The Balaban J connectivity index is 1.97. The molecule has 8 heteroatoms. The molecule has 2 fully saturated rings. The van der Waals surface area contributed by atoms with E-state index in [1.54, 1.807) is 4.90 Å². The maximum Gasteiger partial charge on any atom is 0.255 e. The van der Waals surface area contributed by atoms with E-state index in [-0.39, 0.29) is 32.5 Å². The van der Waals surface area contributed by atoms with E-state index in [1.165, 1.54) is 12.1 Å². The molecule has 1 heterocycles. The Morgan fingerprint density at radius 1 is 1.14 bits per heavy atom. The van der Waals surface area contributed by atoms with Gasteiger partial charge in [-0.15, -0.1) is 0 Å². The van der Waals surface area contributed by atoms with Crippen LogP contribution in [-0.2, 0) is 10.0 Å². The molecule has 2 aliphatic rings. The van der Waals surface area contributed by atoms with Gasteiger partial charge in [-0.2, -0.15) is 0 Å². The van der Waals surface area contributed by atoms with E-state index in [1.807, 2.05) is 0 Å². The first kappa shape index (κ1) is 16.1. The molecule has 5 nitrogen and oxygen atoms in total. The lowest BCUT2D eigenvalue weighted by Crippen LogP contribution is -2.29. The number of amides is 1. The molecule has 120 valence electrons. The van der Waals surface area contributed by atoms with Crippen LogP contribution in [0.3, 0.4) is 0 Å². The predicted octanol–water partition coefficient (Wildman–Crippen LogP) is 2.67. The van der Waals surface area contributed by atoms with Gasteiger partial charge in [-0.05, 0) is 37.8 Å². The van der Waals surface area contributed by atoms with Crippen LogP contribution in [0, 0.1) is 0 Å². The molecule has 0 atom stereocenters. The molecule has 0 bridgehead atoms. The molecule has 1 aromatic rings. The number of rotatable bonds is 4. The summed E-state index contributed by atoms with van der Waals surface area (Å²) in [5.41, 5.74) is 0.184. The van der Waals surface area contributed by atoms with Crippen molar-refractivity contribution in [3.63, 3.8) is 0 Å². The number of benzene rings is 1. The normalized spacial score (nSPS) is 18.7. The molecule has 1 aliphatic heterocycles.